The third kappa shape index (κ3) is 2.51. The fourth-order valence-corrected chi connectivity index (χ4v) is 2.17. The number of methoxy groups -OCH3 is 1. The highest BCUT2D eigenvalue weighted by Crippen LogP contribution is 2.26. The van der Waals surface area contributed by atoms with Gasteiger partial charge in [0, 0.05) is 20.2 Å². The molecule has 18 heavy (non-hydrogen) atoms. The molecule has 1 aromatic heterocycles. The van der Waals surface area contributed by atoms with Crippen LogP contribution in [0.2, 0.25) is 0 Å². The van der Waals surface area contributed by atoms with E-state index < -0.39 is 11.6 Å². The number of hydrogen-bond donors (Lipinski definition) is 1. The monoisotopic (exact) mass is 255 g/mol. The van der Waals surface area contributed by atoms with Gasteiger partial charge in [0.05, 0.1) is 6.54 Å². The Kier molecular flexibility index (Phi) is 3.63. The highest BCUT2D eigenvalue weighted by atomic mass is 16.5. The van der Waals surface area contributed by atoms with Crippen molar-refractivity contribution < 1.29 is 19.2 Å². The lowest BCUT2D eigenvalue weighted by atomic mass is 9.91. The molecule has 0 unspecified atom stereocenters. The predicted octanol–water partition coefficient (Wildman–Crippen LogP) is 0.444. The van der Waals surface area contributed by atoms with Crippen LogP contribution < -0.4 is 0 Å². The largest absolute Gasteiger partial charge is 0.479 e. The Bertz CT molecular complexity index is 424. The number of likely N-dealkylation sites (tertiary alicyclic amines) is 1. The number of nitrogens with zero attached hydrogens (tertiary/aromatic N) is 3. The average molecular weight is 255 g/mol. The molecule has 100 valence electrons. The number of piperidine rings is 1. The van der Waals surface area contributed by atoms with Crippen molar-refractivity contribution in [2.75, 3.05) is 20.2 Å². The Labute approximate surface area is 105 Å². The Hall–Kier alpha value is -1.47. The van der Waals surface area contributed by atoms with E-state index in [0.717, 1.165) is 0 Å². The van der Waals surface area contributed by atoms with E-state index in [9.17, 15) is 9.90 Å². The van der Waals surface area contributed by atoms with Crippen LogP contribution >= 0.6 is 0 Å². The number of aryl methyl sites for hydroxylation is 1. The van der Waals surface area contributed by atoms with Gasteiger partial charge in [0.2, 0.25) is 5.89 Å². The Morgan fingerprint density at radius 3 is 2.67 bits per heavy atom. The number of carboxylic acids is 1. The van der Waals surface area contributed by atoms with Crippen LogP contribution in [0.4, 0.5) is 0 Å². The fraction of sp³-hybridized carbons (Fsp3) is 0.727. The van der Waals surface area contributed by atoms with Crippen molar-refractivity contribution in [1.82, 2.24) is 15.0 Å². The molecule has 2 heterocycles. The SMILES string of the molecule is COC1(C(=O)O)CCN(Cc2nc(C)no2)CC1. The smallest absolute Gasteiger partial charge is 0.336 e. The lowest BCUT2D eigenvalue weighted by Gasteiger charge is -2.37. The molecule has 2 rings (SSSR count). The molecule has 0 spiro atoms. The van der Waals surface area contributed by atoms with Crippen LogP contribution in [-0.4, -0.2) is 51.9 Å². The lowest BCUT2D eigenvalue weighted by Crippen LogP contribution is -2.50. The normalized spacial score (nSPS) is 19.9. The number of aromatic nitrogens is 2. The topological polar surface area (TPSA) is 88.7 Å². The number of ether oxygens (including phenoxy) is 1. The highest BCUT2D eigenvalue weighted by molar-refractivity contribution is 5.77. The van der Waals surface area contributed by atoms with Crippen molar-refractivity contribution in [2.45, 2.75) is 31.9 Å². The summed E-state index contributed by atoms with van der Waals surface area (Å²) in [6.07, 6.45) is 0.928. The summed E-state index contributed by atoms with van der Waals surface area (Å²) in [4.78, 5) is 17.4. The van der Waals surface area contributed by atoms with Crippen molar-refractivity contribution in [3.8, 4) is 0 Å². The van der Waals surface area contributed by atoms with Crippen molar-refractivity contribution >= 4 is 5.97 Å². The van der Waals surface area contributed by atoms with Crippen molar-refractivity contribution in [1.29, 1.82) is 0 Å². The number of carbonyl (C=O) groups is 1. The summed E-state index contributed by atoms with van der Waals surface area (Å²) in [7, 11) is 1.45. The first kappa shape index (κ1) is 13.0. The van der Waals surface area contributed by atoms with Crippen LogP contribution in [0.3, 0.4) is 0 Å². The number of hydrogen-bond acceptors (Lipinski definition) is 6. The second-order valence-corrected chi connectivity index (χ2v) is 4.52. The predicted molar refractivity (Wildman–Crippen MR) is 60.9 cm³/mol. The maximum atomic E-state index is 11.2. The third-order valence-corrected chi connectivity index (χ3v) is 3.37. The zero-order valence-corrected chi connectivity index (χ0v) is 10.5. The average Bonchev–Trinajstić information content (AvgIpc) is 2.76. The molecule has 0 saturated carbocycles. The van der Waals surface area contributed by atoms with Crippen LogP contribution in [0.15, 0.2) is 4.52 Å². The highest BCUT2D eigenvalue weighted by Gasteiger charge is 2.41. The molecule has 0 aliphatic carbocycles. The van der Waals surface area contributed by atoms with Gasteiger partial charge in [-0.25, -0.2) is 4.79 Å². The molecule has 0 atom stereocenters. The minimum absolute atomic E-state index is 0.464. The molecule has 0 amide bonds. The molecule has 0 bridgehead atoms. The van der Waals surface area contributed by atoms with Gasteiger partial charge in [-0.3, -0.25) is 4.90 Å². The molecule has 1 aromatic rings. The number of carboxylic acid groups (broad SMARTS) is 1. The summed E-state index contributed by atoms with van der Waals surface area (Å²) in [5.74, 6) is 0.282. The Balaban J connectivity index is 1.92. The van der Waals surface area contributed by atoms with Gasteiger partial charge in [-0.05, 0) is 19.8 Å². The minimum Gasteiger partial charge on any atom is -0.479 e. The van der Waals surface area contributed by atoms with Gasteiger partial charge < -0.3 is 14.4 Å². The van der Waals surface area contributed by atoms with Gasteiger partial charge in [-0.1, -0.05) is 5.16 Å². The fourth-order valence-electron chi connectivity index (χ4n) is 2.17. The van der Waals surface area contributed by atoms with Crippen LogP contribution in [0, 0.1) is 6.92 Å². The van der Waals surface area contributed by atoms with E-state index in [4.69, 9.17) is 9.26 Å². The van der Waals surface area contributed by atoms with Crippen molar-refractivity contribution in [3.05, 3.63) is 11.7 Å². The minimum atomic E-state index is -1.04. The molecule has 0 radical (unpaired) electrons. The maximum absolute atomic E-state index is 11.2. The van der Waals surface area contributed by atoms with Gasteiger partial charge in [0.25, 0.3) is 0 Å². The van der Waals surface area contributed by atoms with E-state index in [-0.39, 0.29) is 0 Å². The first-order valence-corrected chi connectivity index (χ1v) is 5.86. The van der Waals surface area contributed by atoms with Crippen molar-refractivity contribution in [3.63, 3.8) is 0 Å². The van der Waals surface area contributed by atoms with Crippen LogP contribution in [0.1, 0.15) is 24.6 Å². The van der Waals surface area contributed by atoms with Crippen LogP contribution in [-0.2, 0) is 16.1 Å². The standard InChI is InChI=1S/C11H17N3O4/c1-8-12-9(18-13-8)7-14-5-3-11(17-2,4-6-14)10(15)16/h3-7H2,1-2H3,(H,15,16). The van der Waals surface area contributed by atoms with E-state index in [1.54, 1.807) is 6.92 Å². The van der Waals surface area contributed by atoms with E-state index in [2.05, 4.69) is 15.0 Å². The number of aliphatic carboxylic acids is 1. The second-order valence-electron chi connectivity index (χ2n) is 4.52. The van der Waals surface area contributed by atoms with Crippen molar-refractivity contribution in [2.24, 2.45) is 0 Å². The quantitative estimate of drug-likeness (QED) is 0.835. The maximum Gasteiger partial charge on any atom is 0.336 e. The van der Waals surface area contributed by atoms with Gasteiger partial charge in [-0.2, -0.15) is 4.98 Å². The molecule has 7 nitrogen and oxygen atoms in total. The molecule has 1 saturated heterocycles. The second kappa shape index (κ2) is 5.03. The molecular weight excluding hydrogens is 238 g/mol. The first-order chi connectivity index (χ1) is 8.55. The molecular formula is C11H17N3O4. The lowest BCUT2D eigenvalue weighted by molar-refractivity contribution is -0.168. The van der Waals surface area contributed by atoms with Crippen LogP contribution in [0.5, 0.6) is 0 Å². The number of rotatable bonds is 4. The summed E-state index contributed by atoms with van der Waals surface area (Å²) in [5.41, 5.74) is -1.04. The molecule has 7 heteroatoms. The third-order valence-electron chi connectivity index (χ3n) is 3.37. The first-order valence-electron chi connectivity index (χ1n) is 5.86. The summed E-state index contributed by atoms with van der Waals surface area (Å²) >= 11 is 0. The van der Waals surface area contributed by atoms with E-state index in [0.29, 0.717) is 44.2 Å². The summed E-state index contributed by atoms with van der Waals surface area (Å²) < 4.78 is 10.2. The Morgan fingerprint density at radius 1 is 1.56 bits per heavy atom. The zero-order valence-electron chi connectivity index (χ0n) is 10.5. The molecule has 0 aromatic carbocycles. The summed E-state index contributed by atoms with van der Waals surface area (Å²) in [5, 5.41) is 12.9. The summed E-state index contributed by atoms with van der Waals surface area (Å²) in [6.45, 7) is 3.60. The molecule has 1 aliphatic heterocycles. The van der Waals surface area contributed by atoms with Gasteiger partial charge >= 0.3 is 5.97 Å². The zero-order chi connectivity index (χ0) is 13.2. The van der Waals surface area contributed by atoms with Gasteiger partial charge in [0.15, 0.2) is 11.4 Å². The molecule has 1 fully saturated rings. The van der Waals surface area contributed by atoms with Crippen LogP contribution in [0.25, 0.3) is 0 Å². The van der Waals surface area contributed by atoms with E-state index in [1.165, 1.54) is 7.11 Å². The summed E-state index contributed by atoms with van der Waals surface area (Å²) in [6, 6.07) is 0. The van der Waals surface area contributed by atoms with Gasteiger partial charge in [0.1, 0.15) is 0 Å². The Morgan fingerprint density at radius 2 is 2.22 bits per heavy atom. The van der Waals surface area contributed by atoms with E-state index in [1.807, 2.05) is 0 Å². The molecule has 1 N–H and O–H groups in total. The molecule has 1 aliphatic rings. The van der Waals surface area contributed by atoms with E-state index >= 15 is 0 Å². The van der Waals surface area contributed by atoms with Gasteiger partial charge in [-0.15, -0.1) is 0 Å².